The number of carbonyl (C=O) groups excluding carboxylic acids is 1. The van der Waals surface area contributed by atoms with Crippen molar-refractivity contribution in [2.75, 3.05) is 11.9 Å². The Labute approximate surface area is 155 Å². The molecule has 0 spiro atoms. The van der Waals surface area contributed by atoms with Crippen molar-refractivity contribution in [2.24, 2.45) is 0 Å². The highest BCUT2D eigenvalue weighted by Crippen LogP contribution is 2.26. The third kappa shape index (κ3) is 5.24. The monoisotopic (exact) mass is 394 g/mol. The maximum atomic E-state index is 12.4. The van der Waals surface area contributed by atoms with E-state index in [0.717, 1.165) is 10.0 Å². The topological polar surface area (TPSA) is 62.1 Å². The molecule has 0 saturated heterocycles. The molecule has 124 valence electrons. The summed E-state index contributed by atoms with van der Waals surface area (Å²) in [5.41, 5.74) is 2.19. The van der Waals surface area contributed by atoms with E-state index in [4.69, 9.17) is 11.2 Å². The molecule has 4 nitrogen and oxygen atoms in total. The Hall–Kier alpha value is -3.02. The zero-order chi connectivity index (χ0) is 18.2. The molecule has 0 unspecified atom stereocenters. The SMILES string of the molecule is C#CCOc1ccc(Br)cc1/C=C(\C#N)C(=O)Nc1cccc(C)c1. The third-order valence-corrected chi connectivity index (χ3v) is 3.72. The first-order valence-corrected chi connectivity index (χ1v) is 8.18. The quantitative estimate of drug-likeness (QED) is 0.466. The van der Waals surface area contributed by atoms with E-state index in [9.17, 15) is 10.1 Å². The van der Waals surface area contributed by atoms with Crippen molar-refractivity contribution in [2.45, 2.75) is 6.92 Å². The molecule has 0 saturated carbocycles. The number of anilines is 1. The number of hydrogen-bond acceptors (Lipinski definition) is 3. The van der Waals surface area contributed by atoms with Crippen LogP contribution in [0.4, 0.5) is 5.69 Å². The standard InChI is InChI=1S/C20H15BrN2O2/c1-3-9-25-19-8-7-17(21)12-15(19)11-16(13-22)20(24)23-18-6-4-5-14(2)10-18/h1,4-8,10-12H,9H2,2H3,(H,23,24)/b16-11+. The average Bonchev–Trinajstić information content (AvgIpc) is 2.58. The van der Waals surface area contributed by atoms with Gasteiger partial charge in [-0.3, -0.25) is 4.79 Å². The molecule has 0 atom stereocenters. The minimum absolute atomic E-state index is 0.0369. The number of carbonyl (C=O) groups is 1. The van der Waals surface area contributed by atoms with Gasteiger partial charge in [0.15, 0.2) is 0 Å². The fourth-order valence-corrected chi connectivity index (χ4v) is 2.49. The van der Waals surface area contributed by atoms with Gasteiger partial charge < -0.3 is 10.1 Å². The van der Waals surface area contributed by atoms with Crippen LogP contribution in [-0.2, 0) is 4.79 Å². The third-order valence-electron chi connectivity index (χ3n) is 3.22. The van der Waals surface area contributed by atoms with Crippen LogP contribution in [-0.4, -0.2) is 12.5 Å². The summed E-state index contributed by atoms with van der Waals surface area (Å²) in [5, 5.41) is 12.1. The molecule has 0 radical (unpaired) electrons. The molecule has 0 fully saturated rings. The lowest BCUT2D eigenvalue weighted by Crippen LogP contribution is -2.13. The van der Waals surface area contributed by atoms with Crippen molar-refractivity contribution in [1.29, 1.82) is 5.26 Å². The van der Waals surface area contributed by atoms with E-state index < -0.39 is 5.91 Å². The molecule has 25 heavy (non-hydrogen) atoms. The molecule has 0 aromatic heterocycles. The lowest BCUT2D eigenvalue weighted by atomic mass is 10.1. The Morgan fingerprint density at radius 3 is 2.84 bits per heavy atom. The second kappa shape index (κ2) is 8.73. The normalized spacial score (nSPS) is 10.5. The number of benzene rings is 2. The van der Waals surface area contributed by atoms with Gasteiger partial charge in [0.2, 0.25) is 0 Å². The first kappa shape index (κ1) is 18.3. The summed E-state index contributed by atoms with van der Waals surface area (Å²) in [6, 6.07) is 14.5. The Kier molecular flexibility index (Phi) is 6.39. The molecule has 1 N–H and O–H groups in total. The number of aryl methyl sites for hydroxylation is 1. The summed E-state index contributed by atoms with van der Waals surface area (Å²) in [7, 11) is 0. The van der Waals surface area contributed by atoms with Crippen molar-refractivity contribution in [1.82, 2.24) is 0 Å². The first-order valence-electron chi connectivity index (χ1n) is 7.39. The van der Waals surface area contributed by atoms with Gasteiger partial charge in [0.25, 0.3) is 5.91 Å². The number of halogens is 1. The maximum absolute atomic E-state index is 12.4. The first-order chi connectivity index (χ1) is 12.0. The number of nitrogens with zero attached hydrogens (tertiary/aromatic N) is 1. The number of terminal acetylenes is 1. The van der Waals surface area contributed by atoms with E-state index in [0.29, 0.717) is 17.0 Å². The fraction of sp³-hybridized carbons (Fsp3) is 0.100. The Morgan fingerprint density at radius 1 is 1.36 bits per heavy atom. The molecule has 2 aromatic rings. The highest BCUT2D eigenvalue weighted by atomic mass is 79.9. The van der Waals surface area contributed by atoms with Gasteiger partial charge in [-0.25, -0.2) is 0 Å². The predicted octanol–water partition coefficient (Wildman–Crippen LogP) is 4.32. The number of ether oxygens (including phenoxy) is 1. The van der Waals surface area contributed by atoms with Crippen LogP contribution in [0.5, 0.6) is 5.75 Å². The van der Waals surface area contributed by atoms with Gasteiger partial charge in [0.05, 0.1) is 0 Å². The van der Waals surface area contributed by atoms with Crippen LogP contribution in [0.25, 0.3) is 6.08 Å². The zero-order valence-corrected chi connectivity index (χ0v) is 15.1. The second-order valence-electron chi connectivity index (χ2n) is 5.17. The molecule has 2 rings (SSSR count). The van der Waals surface area contributed by atoms with Crippen LogP contribution in [0, 0.1) is 30.6 Å². The van der Waals surface area contributed by atoms with Gasteiger partial charge in [-0.05, 0) is 48.9 Å². The van der Waals surface area contributed by atoms with Crippen LogP contribution >= 0.6 is 15.9 Å². The highest BCUT2D eigenvalue weighted by Gasteiger charge is 2.12. The summed E-state index contributed by atoms with van der Waals surface area (Å²) >= 11 is 3.37. The number of nitriles is 1. The van der Waals surface area contributed by atoms with E-state index in [-0.39, 0.29) is 12.2 Å². The minimum atomic E-state index is -0.490. The molecule has 0 aliphatic rings. The number of nitrogens with one attached hydrogen (secondary N) is 1. The van der Waals surface area contributed by atoms with Crippen LogP contribution in [0.3, 0.4) is 0 Å². The van der Waals surface area contributed by atoms with Gasteiger partial charge in [0, 0.05) is 15.7 Å². The van der Waals surface area contributed by atoms with Gasteiger partial charge in [-0.1, -0.05) is 34.0 Å². The maximum Gasteiger partial charge on any atom is 0.266 e. The number of hydrogen-bond donors (Lipinski definition) is 1. The Balaban J connectivity index is 2.30. The van der Waals surface area contributed by atoms with Gasteiger partial charge >= 0.3 is 0 Å². The molecule has 2 aromatic carbocycles. The molecular weight excluding hydrogens is 380 g/mol. The van der Waals surface area contributed by atoms with E-state index in [1.54, 1.807) is 24.3 Å². The van der Waals surface area contributed by atoms with Gasteiger partial charge in [-0.2, -0.15) is 5.26 Å². The highest BCUT2D eigenvalue weighted by molar-refractivity contribution is 9.10. The molecule has 0 heterocycles. The van der Waals surface area contributed by atoms with E-state index in [1.165, 1.54) is 6.08 Å². The number of rotatable bonds is 5. The zero-order valence-electron chi connectivity index (χ0n) is 13.5. The van der Waals surface area contributed by atoms with E-state index >= 15 is 0 Å². The molecular formula is C20H15BrN2O2. The van der Waals surface area contributed by atoms with Crippen molar-refractivity contribution in [3.05, 3.63) is 63.6 Å². The number of amides is 1. The molecule has 0 bridgehead atoms. The van der Waals surface area contributed by atoms with Gasteiger partial charge in [-0.15, -0.1) is 6.42 Å². The lowest BCUT2D eigenvalue weighted by molar-refractivity contribution is -0.112. The summed E-state index contributed by atoms with van der Waals surface area (Å²) in [5.74, 6) is 2.39. The van der Waals surface area contributed by atoms with Crippen LogP contribution in [0.2, 0.25) is 0 Å². The molecule has 0 aliphatic carbocycles. The van der Waals surface area contributed by atoms with Crippen LogP contribution < -0.4 is 10.1 Å². The van der Waals surface area contributed by atoms with Crippen molar-refractivity contribution >= 4 is 33.6 Å². The molecule has 5 heteroatoms. The lowest BCUT2D eigenvalue weighted by Gasteiger charge is -2.09. The summed E-state index contributed by atoms with van der Waals surface area (Å²) in [4.78, 5) is 12.4. The minimum Gasteiger partial charge on any atom is -0.480 e. The second-order valence-corrected chi connectivity index (χ2v) is 6.08. The largest absolute Gasteiger partial charge is 0.480 e. The fourth-order valence-electron chi connectivity index (χ4n) is 2.11. The average molecular weight is 395 g/mol. The van der Waals surface area contributed by atoms with Crippen molar-refractivity contribution in [3.63, 3.8) is 0 Å². The van der Waals surface area contributed by atoms with Crippen LogP contribution in [0.15, 0.2) is 52.5 Å². The predicted molar refractivity (Wildman–Crippen MR) is 102 cm³/mol. The van der Waals surface area contributed by atoms with E-state index in [1.807, 2.05) is 31.2 Å². The Morgan fingerprint density at radius 2 is 2.16 bits per heavy atom. The van der Waals surface area contributed by atoms with E-state index in [2.05, 4.69) is 27.2 Å². The van der Waals surface area contributed by atoms with Crippen LogP contribution in [0.1, 0.15) is 11.1 Å². The molecule has 1 amide bonds. The van der Waals surface area contributed by atoms with Crippen molar-refractivity contribution < 1.29 is 9.53 Å². The summed E-state index contributed by atoms with van der Waals surface area (Å²) in [6.07, 6.45) is 6.69. The Bertz CT molecular complexity index is 905. The van der Waals surface area contributed by atoms with Gasteiger partial charge in [0.1, 0.15) is 24.0 Å². The van der Waals surface area contributed by atoms with Crippen molar-refractivity contribution in [3.8, 4) is 24.2 Å². The smallest absolute Gasteiger partial charge is 0.266 e. The summed E-state index contributed by atoms with van der Waals surface area (Å²) < 4.78 is 6.25. The molecule has 0 aliphatic heterocycles. The summed E-state index contributed by atoms with van der Waals surface area (Å²) in [6.45, 7) is 2.02.